The second kappa shape index (κ2) is 6.99. The zero-order valence-corrected chi connectivity index (χ0v) is 12.6. The average molecular weight is 283 g/mol. The molecule has 1 saturated carbocycles. The molecule has 0 aromatic carbocycles. The Morgan fingerprint density at radius 2 is 2.21 bits per heavy atom. The maximum atomic E-state index is 6.47. The topological polar surface area (TPSA) is 25.4 Å². The van der Waals surface area contributed by atoms with Crippen LogP contribution in [0.25, 0.3) is 0 Å². The van der Waals surface area contributed by atoms with Gasteiger partial charge in [-0.2, -0.15) is 0 Å². The van der Waals surface area contributed by atoms with E-state index in [1.165, 1.54) is 12.8 Å². The molecule has 106 valence electrons. The molecule has 0 radical (unpaired) electrons. The van der Waals surface area contributed by atoms with E-state index in [4.69, 9.17) is 16.3 Å². The van der Waals surface area contributed by atoms with E-state index in [0.717, 1.165) is 37.4 Å². The van der Waals surface area contributed by atoms with E-state index in [9.17, 15) is 0 Å². The SMILES string of the molecule is CCCOc1cccnc1N(C)C1CCCCC1Cl. The maximum Gasteiger partial charge on any atom is 0.171 e. The van der Waals surface area contributed by atoms with Gasteiger partial charge in [0, 0.05) is 19.3 Å². The van der Waals surface area contributed by atoms with Crippen molar-refractivity contribution in [3.8, 4) is 5.75 Å². The summed E-state index contributed by atoms with van der Waals surface area (Å²) in [7, 11) is 2.08. The lowest BCUT2D eigenvalue weighted by atomic mass is 9.94. The molecule has 2 unspecified atom stereocenters. The second-order valence-corrected chi connectivity index (χ2v) is 5.71. The number of hydrogen-bond acceptors (Lipinski definition) is 3. The van der Waals surface area contributed by atoms with Crippen LogP contribution in [-0.2, 0) is 0 Å². The largest absolute Gasteiger partial charge is 0.490 e. The fraction of sp³-hybridized carbons (Fsp3) is 0.667. The normalized spacial score (nSPS) is 23.1. The van der Waals surface area contributed by atoms with Gasteiger partial charge in [-0.1, -0.05) is 19.8 Å². The first kappa shape index (κ1) is 14.4. The lowest BCUT2D eigenvalue weighted by Crippen LogP contribution is -2.41. The van der Waals surface area contributed by atoms with E-state index in [1.54, 1.807) is 0 Å². The minimum atomic E-state index is 0.208. The Hall–Kier alpha value is -0.960. The van der Waals surface area contributed by atoms with Gasteiger partial charge in [0.25, 0.3) is 0 Å². The zero-order chi connectivity index (χ0) is 13.7. The molecule has 2 atom stereocenters. The first-order valence-corrected chi connectivity index (χ1v) is 7.62. The molecule has 0 aliphatic heterocycles. The van der Waals surface area contributed by atoms with Crippen molar-refractivity contribution in [2.45, 2.75) is 50.4 Å². The molecule has 0 spiro atoms. The van der Waals surface area contributed by atoms with Gasteiger partial charge in [0.15, 0.2) is 11.6 Å². The highest BCUT2D eigenvalue weighted by molar-refractivity contribution is 6.21. The molecular weight excluding hydrogens is 260 g/mol. The molecule has 0 bridgehead atoms. The highest BCUT2D eigenvalue weighted by atomic mass is 35.5. The molecule has 1 aliphatic carbocycles. The van der Waals surface area contributed by atoms with E-state index in [2.05, 4.69) is 23.9 Å². The first-order chi connectivity index (χ1) is 9.24. The van der Waals surface area contributed by atoms with Crippen LogP contribution in [0.1, 0.15) is 39.0 Å². The third-order valence-electron chi connectivity index (χ3n) is 3.69. The Bertz CT molecular complexity index is 399. The van der Waals surface area contributed by atoms with Crippen molar-refractivity contribution in [1.82, 2.24) is 4.98 Å². The van der Waals surface area contributed by atoms with Gasteiger partial charge in [0.05, 0.1) is 12.0 Å². The van der Waals surface area contributed by atoms with Gasteiger partial charge in [-0.15, -0.1) is 11.6 Å². The lowest BCUT2D eigenvalue weighted by Gasteiger charge is -2.36. The highest BCUT2D eigenvalue weighted by Crippen LogP contribution is 2.33. The summed E-state index contributed by atoms with van der Waals surface area (Å²) >= 11 is 6.47. The van der Waals surface area contributed by atoms with Crippen LogP contribution in [0.5, 0.6) is 5.75 Å². The number of rotatable bonds is 5. The van der Waals surface area contributed by atoms with Crippen LogP contribution in [-0.4, -0.2) is 30.1 Å². The Labute approximate surface area is 120 Å². The van der Waals surface area contributed by atoms with Crippen LogP contribution in [0.3, 0.4) is 0 Å². The molecule has 4 heteroatoms. The second-order valence-electron chi connectivity index (χ2n) is 5.15. The number of pyridine rings is 1. The van der Waals surface area contributed by atoms with Crippen molar-refractivity contribution in [2.24, 2.45) is 0 Å². The number of aromatic nitrogens is 1. The summed E-state index contributed by atoms with van der Waals surface area (Å²) in [6.45, 7) is 2.83. The maximum absolute atomic E-state index is 6.47. The molecule has 19 heavy (non-hydrogen) atoms. The molecule has 1 fully saturated rings. The van der Waals surface area contributed by atoms with Gasteiger partial charge in [-0.25, -0.2) is 4.98 Å². The number of ether oxygens (including phenoxy) is 1. The minimum absolute atomic E-state index is 0.208. The van der Waals surface area contributed by atoms with E-state index >= 15 is 0 Å². The molecule has 0 amide bonds. The Morgan fingerprint density at radius 3 is 2.95 bits per heavy atom. The molecule has 2 rings (SSSR count). The molecule has 0 N–H and O–H groups in total. The van der Waals surface area contributed by atoms with Gasteiger partial charge < -0.3 is 9.64 Å². The first-order valence-electron chi connectivity index (χ1n) is 7.18. The molecule has 1 aliphatic rings. The van der Waals surface area contributed by atoms with E-state index in [0.29, 0.717) is 6.04 Å². The van der Waals surface area contributed by atoms with Gasteiger partial charge in [-0.05, 0) is 31.4 Å². The van der Waals surface area contributed by atoms with Crippen LogP contribution in [0.15, 0.2) is 18.3 Å². The summed E-state index contributed by atoms with van der Waals surface area (Å²) < 4.78 is 5.79. The van der Waals surface area contributed by atoms with E-state index in [1.807, 2.05) is 18.3 Å². The predicted octanol–water partition coefficient (Wildman–Crippen LogP) is 3.86. The smallest absolute Gasteiger partial charge is 0.171 e. The van der Waals surface area contributed by atoms with Crippen LogP contribution >= 0.6 is 11.6 Å². The summed E-state index contributed by atoms with van der Waals surface area (Å²) in [5.41, 5.74) is 0. The van der Waals surface area contributed by atoms with Gasteiger partial charge in [0.1, 0.15) is 0 Å². The predicted molar refractivity (Wildman–Crippen MR) is 80.3 cm³/mol. The molecule has 3 nitrogen and oxygen atoms in total. The fourth-order valence-electron chi connectivity index (χ4n) is 2.63. The number of alkyl halides is 1. The van der Waals surface area contributed by atoms with Crippen LogP contribution in [0.4, 0.5) is 5.82 Å². The number of nitrogens with zero attached hydrogens (tertiary/aromatic N) is 2. The summed E-state index contributed by atoms with van der Waals surface area (Å²) in [5.74, 6) is 1.77. The third kappa shape index (κ3) is 3.53. The van der Waals surface area contributed by atoms with Gasteiger partial charge in [0.2, 0.25) is 0 Å². The fourth-order valence-corrected chi connectivity index (χ4v) is 3.08. The summed E-state index contributed by atoms with van der Waals surface area (Å²) in [6, 6.07) is 4.26. The van der Waals surface area contributed by atoms with E-state index in [-0.39, 0.29) is 5.38 Å². The Morgan fingerprint density at radius 1 is 1.42 bits per heavy atom. The monoisotopic (exact) mass is 282 g/mol. The quantitative estimate of drug-likeness (QED) is 0.767. The average Bonchev–Trinajstić information content (AvgIpc) is 2.45. The van der Waals surface area contributed by atoms with Crippen LogP contribution in [0, 0.1) is 0 Å². The van der Waals surface area contributed by atoms with Gasteiger partial charge >= 0.3 is 0 Å². The molecule has 1 aromatic rings. The van der Waals surface area contributed by atoms with Crippen LogP contribution < -0.4 is 9.64 Å². The minimum Gasteiger partial charge on any atom is -0.490 e. The molecular formula is C15H23ClN2O. The molecule has 1 heterocycles. The number of halogens is 1. The van der Waals surface area contributed by atoms with Crippen molar-refractivity contribution in [2.75, 3.05) is 18.6 Å². The van der Waals surface area contributed by atoms with Gasteiger partial charge in [-0.3, -0.25) is 0 Å². The van der Waals surface area contributed by atoms with Crippen molar-refractivity contribution in [3.05, 3.63) is 18.3 Å². The van der Waals surface area contributed by atoms with E-state index < -0.39 is 0 Å². The zero-order valence-electron chi connectivity index (χ0n) is 11.8. The van der Waals surface area contributed by atoms with Crippen molar-refractivity contribution < 1.29 is 4.74 Å². The Balaban J connectivity index is 2.15. The highest BCUT2D eigenvalue weighted by Gasteiger charge is 2.28. The number of anilines is 1. The number of hydrogen-bond donors (Lipinski definition) is 0. The van der Waals surface area contributed by atoms with Crippen molar-refractivity contribution in [1.29, 1.82) is 0 Å². The van der Waals surface area contributed by atoms with Crippen molar-refractivity contribution in [3.63, 3.8) is 0 Å². The standard InChI is InChI=1S/C15H23ClN2O/c1-3-11-19-14-9-6-10-17-15(14)18(2)13-8-5-4-7-12(13)16/h6,9-10,12-13H,3-5,7-8,11H2,1-2H3. The molecule has 0 saturated heterocycles. The summed E-state index contributed by atoms with van der Waals surface area (Å²) in [4.78, 5) is 6.68. The third-order valence-corrected chi connectivity index (χ3v) is 4.20. The Kier molecular flexibility index (Phi) is 5.32. The lowest BCUT2D eigenvalue weighted by molar-refractivity contribution is 0.315. The molecule has 1 aromatic heterocycles. The van der Waals surface area contributed by atoms with Crippen molar-refractivity contribution >= 4 is 17.4 Å². The van der Waals surface area contributed by atoms with Crippen LogP contribution in [0.2, 0.25) is 0 Å². The summed E-state index contributed by atoms with van der Waals surface area (Å²) in [5, 5.41) is 0.208. The summed E-state index contributed by atoms with van der Waals surface area (Å²) in [6.07, 6.45) is 7.52.